The first-order valence-corrected chi connectivity index (χ1v) is 10.1. The molecule has 4 rings (SSSR count). The fourth-order valence-electron chi connectivity index (χ4n) is 7.43. The van der Waals surface area contributed by atoms with Gasteiger partial charge < -0.3 is 5.11 Å². The van der Waals surface area contributed by atoms with Gasteiger partial charge in [0, 0.05) is 31.3 Å². The van der Waals surface area contributed by atoms with Crippen molar-refractivity contribution in [3.05, 3.63) is 0 Å². The first kappa shape index (κ1) is 16.8. The molecule has 4 aliphatic carbocycles. The van der Waals surface area contributed by atoms with E-state index in [1.807, 2.05) is 0 Å². The van der Waals surface area contributed by atoms with Crippen LogP contribution < -0.4 is 0 Å². The van der Waals surface area contributed by atoms with Gasteiger partial charge in [0.1, 0.15) is 11.6 Å². The molecule has 0 saturated heterocycles. The molecule has 1 N–H and O–H groups in total. The zero-order chi connectivity index (χ0) is 17.1. The zero-order valence-electron chi connectivity index (χ0n) is 15.2. The minimum atomic E-state index is -0.0894. The van der Waals surface area contributed by atoms with Gasteiger partial charge in [-0.05, 0) is 67.1 Å². The Morgan fingerprint density at radius 2 is 1.83 bits per heavy atom. The standard InChI is InChI=1S/C21H32O3/c1-20-8-3-4-15(20)18-16(6-9-20)21(2)10-5-13(23)12-17(21)14(7-11-22)19(18)24/h14-18,22H,3-12H2,1-2H3/t14-,15+,16+,17?,18+,20+,21-/m1/s1. The van der Waals surface area contributed by atoms with Crippen molar-refractivity contribution in [1.82, 2.24) is 0 Å². The predicted octanol–water partition coefficient (Wildman–Crippen LogP) is 3.78. The van der Waals surface area contributed by atoms with Crippen LogP contribution in [0.1, 0.15) is 71.6 Å². The maximum Gasteiger partial charge on any atom is 0.140 e. The number of rotatable bonds is 2. The van der Waals surface area contributed by atoms with Crippen molar-refractivity contribution in [2.24, 2.45) is 40.4 Å². The highest BCUT2D eigenvalue weighted by atomic mass is 16.3. The monoisotopic (exact) mass is 332 g/mol. The van der Waals surface area contributed by atoms with Gasteiger partial charge in [-0.1, -0.05) is 20.3 Å². The molecule has 3 nitrogen and oxygen atoms in total. The molecule has 0 heterocycles. The molecule has 0 radical (unpaired) electrons. The fourth-order valence-corrected chi connectivity index (χ4v) is 7.43. The second kappa shape index (κ2) is 5.65. The van der Waals surface area contributed by atoms with Gasteiger partial charge in [0.05, 0.1) is 0 Å². The second-order valence-electron chi connectivity index (χ2n) is 9.70. The molecule has 0 bridgehead atoms. The van der Waals surface area contributed by atoms with Gasteiger partial charge in [0.15, 0.2) is 0 Å². The van der Waals surface area contributed by atoms with Crippen molar-refractivity contribution in [2.45, 2.75) is 71.6 Å². The number of hydrogen-bond donors (Lipinski definition) is 1. The molecule has 1 unspecified atom stereocenters. The van der Waals surface area contributed by atoms with Gasteiger partial charge >= 0.3 is 0 Å². The van der Waals surface area contributed by atoms with Crippen molar-refractivity contribution in [3.8, 4) is 0 Å². The van der Waals surface area contributed by atoms with Crippen LogP contribution in [0.25, 0.3) is 0 Å². The zero-order valence-corrected chi connectivity index (χ0v) is 15.2. The third-order valence-electron chi connectivity index (χ3n) is 8.76. The van der Waals surface area contributed by atoms with E-state index in [2.05, 4.69) is 13.8 Å². The summed E-state index contributed by atoms with van der Waals surface area (Å²) in [5, 5.41) is 9.57. The average molecular weight is 332 g/mol. The van der Waals surface area contributed by atoms with Crippen molar-refractivity contribution in [1.29, 1.82) is 0 Å². The summed E-state index contributed by atoms with van der Waals surface area (Å²) in [5.74, 6) is 2.02. The average Bonchev–Trinajstić information content (AvgIpc) is 2.94. The lowest BCUT2D eigenvalue weighted by Crippen LogP contribution is -2.60. The van der Waals surface area contributed by atoms with Gasteiger partial charge in [-0.25, -0.2) is 0 Å². The Hall–Kier alpha value is -0.700. The molecule has 4 fully saturated rings. The molecule has 7 atom stereocenters. The lowest BCUT2D eigenvalue weighted by atomic mass is 9.42. The van der Waals surface area contributed by atoms with Gasteiger partial charge in [-0.2, -0.15) is 0 Å². The van der Waals surface area contributed by atoms with Crippen molar-refractivity contribution in [3.63, 3.8) is 0 Å². The van der Waals surface area contributed by atoms with Crippen molar-refractivity contribution >= 4 is 11.6 Å². The number of hydrogen-bond acceptors (Lipinski definition) is 3. The summed E-state index contributed by atoms with van der Waals surface area (Å²) < 4.78 is 0. The third-order valence-corrected chi connectivity index (χ3v) is 8.76. The molecule has 0 aromatic heterocycles. The summed E-state index contributed by atoms with van der Waals surface area (Å²) in [6.45, 7) is 4.85. The van der Waals surface area contributed by atoms with Gasteiger partial charge in [-0.3, -0.25) is 9.59 Å². The molecule has 0 spiro atoms. The Morgan fingerprint density at radius 3 is 2.58 bits per heavy atom. The lowest BCUT2D eigenvalue weighted by Gasteiger charge is -2.61. The summed E-state index contributed by atoms with van der Waals surface area (Å²) in [6.07, 6.45) is 8.93. The number of carbonyl (C=O) groups excluding carboxylic acids is 2. The minimum absolute atomic E-state index is 0.0660. The van der Waals surface area contributed by atoms with E-state index in [0.29, 0.717) is 48.1 Å². The summed E-state index contributed by atoms with van der Waals surface area (Å²) in [6, 6.07) is 0. The van der Waals surface area contributed by atoms with Crippen LogP contribution in [0, 0.1) is 40.4 Å². The van der Waals surface area contributed by atoms with Gasteiger partial charge in [0.2, 0.25) is 0 Å². The van der Waals surface area contributed by atoms with Crippen LogP contribution in [-0.2, 0) is 9.59 Å². The highest BCUT2D eigenvalue weighted by Gasteiger charge is 2.63. The van der Waals surface area contributed by atoms with Gasteiger partial charge in [-0.15, -0.1) is 0 Å². The van der Waals surface area contributed by atoms with E-state index in [-0.39, 0.29) is 29.8 Å². The lowest BCUT2D eigenvalue weighted by molar-refractivity contribution is -0.168. The van der Waals surface area contributed by atoms with Crippen molar-refractivity contribution in [2.75, 3.05) is 6.61 Å². The summed E-state index contributed by atoms with van der Waals surface area (Å²) in [5.41, 5.74) is 0.477. The molecular formula is C21H32O3. The van der Waals surface area contributed by atoms with Crippen LogP contribution in [0.3, 0.4) is 0 Å². The first-order valence-electron chi connectivity index (χ1n) is 10.1. The Labute approximate surface area is 145 Å². The van der Waals surface area contributed by atoms with Crippen LogP contribution in [0.15, 0.2) is 0 Å². The summed E-state index contributed by atoms with van der Waals surface area (Å²) in [4.78, 5) is 25.7. The number of carbonyl (C=O) groups is 2. The SMILES string of the molecule is C[C@@]12CCC[C@H]1[C@@H]1C(=O)[C@H](CCO)C3CC(=O)CC[C@]3(C)[C@H]1CC2. The Kier molecular flexibility index (Phi) is 3.95. The van der Waals surface area contributed by atoms with Gasteiger partial charge in [0.25, 0.3) is 0 Å². The smallest absolute Gasteiger partial charge is 0.140 e. The topological polar surface area (TPSA) is 54.4 Å². The summed E-state index contributed by atoms with van der Waals surface area (Å²) in [7, 11) is 0. The molecule has 3 heteroatoms. The summed E-state index contributed by atoms with van der Waals surface area (Å²) >= 11 is 0. The molecule has 0 aromatic carbocycles. The van der Waals surface area contributed by atoms with E-state index in [0.717, 1.165) is 12.8 Å². The third kappa shape index (κ3) is 2.19. The molecule has 0 aliphatic heterocycles. The van der Waals surface area contributed by atoms with Crippen LogP contribution in [0.4, 0.5) is 0 Å². The van der Waals surface area contributed by atoms with E-state index in [9.17, 15) is 14.7 Å². The molecule has 134 valence electrons. The quantitative estimate of drug-likeness (QED) is 0.837. The van der Waals surface area contributed by atoms with E-state index in [4.69, 9.17) is 0 Å². The predicted molar refractivity (Wildman–Crippen MR) is 92.3 cm³/mol. The van der Waals surface area contributed by atoms with Crippen LogP contribution >= 0.6 is 0 Å². The first-order chi connectivity index (χ1) is 11.4. The number of aliphatic hydroxyl groups excluding tert-OH is 1. The maximum absolute atomic E-state index is 13.5. The van der Waals surface area contributed by atoms with Crippen LogP contribution in [0.5, 0.6) is 0 Å². The molecule has 24 heavy (non-hydrogen) atoms. The molecule has 0 amide bonds. The Balaban J connectivity index is 1.75. The second-order valence-corrected chi connectivity index (χ2v) is 9.70. The van der Waals surface area contributed by atoms with E-state index >= 15 is 0 Å². The Bertz CT molecular complexity index is 555. The molecule has 0 aromatic rings. The van der Waals surface area contributed by atoms with E-state index < -0.39 is 0 Å². The van der Waals surface area contributed by atoms with E-state index in [1.54, 1.807) is 0 Å². The largest absolute Gasteiger partial charge is 0.396 e. The van der Waals surface area contributed by atoms with E-state index in [1.165, 1.54) is 25.7 Å². The number of fused-ring (bicyclic) bond motifs is 5. The van der Waals surface area contributed by atoms with Crippen LogP contribution in [0.2, 0.25) is 0 Å². The normalized spacial score (nSPS) is 51.0. The maximum atomic E-state index is 13.5. The minimum Gasteiger partial charge on any atom is -0.396 e. The fraction of sp³-hybridized carbons (Fsp3) is 0.905. The number of Topliss-reactive ketones (excluding diaryl/α,β-unsaturated/α-hetero) is 2. The number of ketones is 2. The molecule has 4 aliphatic rings. The molecule has 4 saturated carbocycles. The Morgan fingerprint density at radius 1 is 1.04 bits per heavy atom. The number of aliphatic hydroxyl groups is 1. The highest BCUT2D eigenvalue weighted by Crippen LogP contribution is 2.66. The van der Waals surface area contributed by atoms with Crippen LogP contribution in [-0.4, -0.2) is 23.3 Å². The van der Waals surface area contributed by atoms with Crippen molar-refractivity contribution < 1.29 is 14.7 Å². The highest BCUT2D eigenvalue weighted by molar-refractivity contribution is 5.88. The molecular weight excluding hydrogens is 300 g/mol.